The van der Waals surface area contributed by atoms with E-state index >= 15 is 0 Å². The van der Waals surface area contributed by atoms with Crippen molar-refractivity contribution in [3.8, 4) is 0 Å². The zero-order valence-corrected chi connectivity index (χ0v) is 11.2. The number of nitrogens with two attached hydrogens (primary N) is 1. The first kappa shape index (κ1) is 14.0. The van der Waals surface area contributed by atoms with Gasteiger partial charge in [0.2, 0.25) is 0 Å². The SMILES string of the molecule is CCN(c1cccc(F)c1)C(C)(CN)C(C)C. The number of anilines is 1. The second kappa shape index (κ2) is 5.50. The summed E-state index contributed by atoms with van der Waals surface area (Å²) >= 11 is 0. The van der Waals surface area contributed by atoms with Gasteiger partial charge in [0.05, 0.1) is 5.54 Å². The Balaban J connectivity index is 3.14. The first-order chi connectivity index (χ1) is 7.95. The Morgan fingerprint density at radius 3 is 2.47 bits per heavy atom. The quantitative estimate of drug-likeness (QED) is 0.854. The molecule has 17 heavy (non-hydrogen) atoms. The minimum atomic E-state index is -0.205. The average Bonchev–Trinajstić information content (AvgIpc) is 2.29. The Bertz CT molecular complexity index is 365. The first-order valence-electron chi connectivity index (χ1n) is 6.19. The Morgan fingerprint density at radius 2 is 2.06 bits per heavy atom. The zero-order chi connectivity index (χ0) is 13.1. The van der Waals surface area contributed by atoms with Crippen molar-refractivity contribution in [2.45, 2.75) is 33.2 Å². The normalized spacial score (nSPS) is 14.8. The molecule has 0 aromatic heterocycles. The molecule has 0 aliphatic rings. The minimum Gasteiger partial charge on any atom is -0.365 e. The van der Waals surface area contributed by atoms with Crippen molar-refractivity contribution in [3.63, 3.8) is 0 Å². The summed E-state index contributed by atoms with van der Waals surface area (Å²) in [4.78, 5) is 2.18. The van der Waals surface area contributed by atoms with Gasteiger partial charge in [-0.1, -0.05) is 19.9 Å². The molecule has 0 amide bonds. The summed E-state index contributed by atoms with van der Waals surface area (Å²) in [7, 11) is 0. The number of halogens is 1. The molecule has 1 aromatic carbocycles. The maximum absolute atomic E-state index is 13.3. The highest BCUT2D eigenvalue weighted by molar-refractivity contribution is 5.49. The second-order valence-electron chi connectivity index (χ2n) is 4.94. The van der Waals surface area contributed by atoms with Gasteiger partial charge in [-0.3, -0.25) is 0 Å². The lowest BCUT2D eigenvalue weighted by Gasteiger charge is -2.45. The van der Waals surface area contributed by atoms with Crippen LogP contribution in [0.3, 0.4) is 0 Å². The van der Waals surface area contributed by atoms with Crippen LogP contribution in [0.1, 0.15) is 27.7 Å². The van der Waals surface area contributed by atoms with Gasteiger partial charge in [0.25, 0.3) is 0 Å². The molecule has 1 unspecified atom stereocenters. The molecule has 1 aromatic rings. The second-order valence-corrected chi connectivity index (χ2v) is 4.94. The Kier molecular flexibility index (Phi) is 4.52. The topological polar surface area (TPSA) is 29.3 Å². The van der Waals surface area contributed by atoms with E-state index in [1.165, 1.54) is 6.07 Å². The van der Waals surface area contributed by atoms with E-state index < -0.39 is 0 Å². The third-order valence-electron chi connectivity index (χ3n) is 3.71. The molecule has 1 atom stereocenters. The smallest absolute Gasteiger partial charge is 0.125 e. The van der Waals surface area contributed by atoms with Crippen molar-refractivity contribution in [2.75, 3.05) is 18.0 Å². The molecule has 0 heterocycles. The lowest BCUT2D eigenvalue weighted by Crippen LogP contribution is -2.55. The number of likely N-dealkylation sites (N-methyl/N-ethyl adjacent to an activating group) is 1. The minimum absolute atomic E-state index is 0.150. The van der Waals surface area contributed by atoms with Crippen LogP contribution >= 0.6 is 0 Å². The highest BCUT2D eigenvalue weighted by Crippen LogP contribution is 2.29. The molecular weight excluding hydrogens is 215 g/mol. The zero-order valence-electron chi connectivity index (χ0n) is 11.2. The molecule has 3 heteroatoms. The van der Waals surface area contributed by atoms with Crippen molar-refractivity contribution >= 4 is 5.69 Å². The third kappa shape index (κ3) is 2.78. The van der Waals surface area contributed by atoms with Gasteiger partial charge >= 0.3 is 0 Å². The van der Waals surface area contributed by atoms with Gasteiger partial charge in [0.1, 0.15) is 5.82 Å². The summed E-state index contributed by atoms with van der Waals surface area (Å²) in [6.45, 7) is 9.86. The summed E-state index contributed by atoms with van der Waals surface area (Å²) in [6.07, 6.45) is 0. The summed E-state index contributed by atoms with van der Waals surface area (Å²) in [5, 5.41) is 0. The van der Waals surface area contributed by atoms with E-state index in [2.05, 4.69) is 32.6 Å². The summed E-state index contributed by atoms with van der Waals surface area (Å²) < 4.78 is 13.3. The highest BCUT2D eigenvalue weighted by atomic mass is 19.1. The fraction of sp³-hybridized carbons (Fsp3) is 0.571. The number of rotatable bonds is 5. The van der Waals surface area contributed by atoms with E-state index in [0.29, 0.717) is 12.5 Å². The molecular formula is C14H23FN2. The molecule has 0 saturated carbocycles. The van der Waals surface area contributed by atoms with Crippen LogP contribution in [-0.2, 0) is 0 Å². The third-order valence-corrected chi connectivity index (χ3v) is 3.71. The monoisotopic (exact) mass is 238 g/mol. The van der Waals surface area contributed by atoms with E-state index in [0.717, 1.165) is 12.2 Å². The lowest BCUT2D eigenvalue weighted by molar-refractivity contribution is 0.322. The fourth-order valence-electron chi connectivity index (χ4n) is 2.14. The van der Waals surface area contributed by atoms with Gasteiger partial charge in [0.15, 0.2) is 0 Å². The molecule has 0 radical (unpaired) electrons. The number of benzene rings is 1. The first-order valence-corrected chi connectivity index (χ1v) is 6.19. The molecule has 2 nitrogen and oxygen atoms in total. The number of hydrogen-bond acceptors (Lipinski definition) is 2. The van der Waals surface area contributed by atoms with Crippen LogP contribution in [0.2, 0.25) is 0 Å². The van der Waals surface area contributed by atoms with Crippen LogP contribution in [0.15, 0.2) is 24.3 Å². The molecule has 0 aliphatic heterocycles. The van der Waals surface area contributed by atoms with Crippen molar-refractivity contribution in [1.82, 2.24) is 0 Å². The van der Waals surface area contributed by atoms with Crippen molar-refractivity contribution < 1.29 is 4.39 Å². The number of nitrogens with zero attached hydrogens (tertiary/aromatic N) is 1. The predicted molar refractivity (Wildman–Crippen MR) is 71.7 cm³/mol. The van der Waals surface area contributed by atoms with Crippen LogP contribution in [0.25, 0.3) is 0 Å². The molecule has 1 rings (SSSR count). The summed E-state index contributed by atoms with van der Waals surface area (Å²) in [6, 6.07) is 6.71. The van der Waals surface area contributed by atoms with Crippen molar-refractivity contribution in [2.24, 2.45) is 11.7 Å². The Hall–Kier alpha value is -1.09. The molecule has 0 aliphatic carbocycles. The van der Waals surface area contributed by atoms with E-state index in [-0.39, 0.29) is 11.4 Å². The van der Waals surface area contributed by atoms with Crippen LogP contribution in [0.5, 0.6) is 0 Å². The van der Waals surface area contributed by atoms with Gasteiger partial charge in [0, 0.05) is 18.8 Å². The lowest BCUT2D eigenvalue weighted by atomic mass is 9.86. The van der Waals surface area contributed by atoms with Crippen LogP contribution in [0, 0.1) is 11.7 Å². The molecule has 0 fully saturated rings. The summed E-state index contributed by atoms with van der Waals surface area (Å²) in [5.41, 5.74) is 6.67. The molecule has 96 valence electrons. The van der Waals surface area contributed by atoms with Gasteiger partial charge in [-0.15, -0.1) is 0 Å². The standard InChI is InChI=1S/C14H23FN2/c1-5-17(14(4,10-16)11(2)3)13-8-6-7-12(15)9-13/h6-9,11H,5,10,16H2,1-4H3. The van der Waals surface area contributed by atoms with Gasteiger partial charge < -0.3 is 10.6 Å². The fourth-order valence-corrected chi connectivity index (χ4v) is 2.14. The Labute approximate surface area is 104 Å². The van der Waals surface area contributed by atoms with Crippen LogP contribution in [0.4, 0.5) is 10.1 Å². The predicted octanol–water partition coefficient (Wildman–Crippen LogP) is 3.03. The van der Waals surface area contributed by atoms with Gasteiger partial charge in [-0.2, -0.15) is 0 Å². The van der Waals surface area contributed by atoms with E-state index in [1.54, 1.807) is 12.1 Å². The average molecular weight is 238 g/mol. The maximum Gasteiger partial charge on any atom is 0.125 e. The Morgan fingerprint density at radius 1 is 1.41 bits per heavy atom. The van der Waals surface area contributed by atoms with Gasteiger partial charge in [-0.05, 0) is 38.0 Å². The van der Waals surface area contributed by atoms with Crippen molar-refractivity contribution in [1.29, 1.82) is 0 Å². The van der Waals surface area contributed by atoms with E-state index in [1.807, 2.05) is 6.07 Å². The van der Waals surface area contributed by atoms with Gasteiger partial charge in [-0.25, -0.2) is 4.39 Å². The maximum atomic E-state index is 13.3. The molecule has 2 N–H and O–H groups in total. The largest absolute Gasteiger partial charge is 0.365 e. The van der Waals surface area contributed by atoms with E-state index in [9.17, 15) is 4.39 Å². The molecule has 0 bridgehead atoms. The van der Waals surface area contributed by atoms with E-state index in [4.69, 9.17) is 5.73 Å². The van der Waals surface area contributed by atoms with Crippen LogP contribution < -0.4 is 10.6 Å². The molecule has 0 saturated heterocycles. The van der Waals surface area contributed by atoms with Crippen LogP contribution in [-0.4, -0.2) is 18.6 Å². The number of hydrogen-bond donors (Lipinski definition) is 1. The van der Waals surface area contributed by atoms with Crippen molar-refractivity contribution in [3.05, 3.63) is 30.1 Å². The summed E-state index contributed by atoms with van der Waals surface area (Å²) in [5.74, 6) is 0.194. The molecule has 0 spiro atoms. The highest BCUT2D eigenvalue weighted by Gasteiger charge is 2.33.